The highest BCUT2D eigenvalue weighted by Crippen LogP contribution is 2.10. The van der Waals surface area contributed by atoms with Crippen LogP contribution < -0.4 is 5.73 Å². The summed E-state index contributed by atoms with van der Waals surface area (Å²) < 4.78 is 2.10. The largest absolute Gasteiger partial charge is 0.337 e. The summed E-state index contributed by atoms with van der Waals surface area (Å²) in [5, 5.41) is 0.586. The molecule has 1 unspecified atom stereocenters. The number of aromatic nitrogens is 2. The third kappa shape index (κ3) is 4.33. The number of imidazole rings is 1. The Morgan fingerprint density at radius 1 is 1.62 bits per heavy atom. The van der Waals surface area contributed by atoms with Crippen molar-refractivity contribution in [2.24, 2.45) is 5.73 Å². The zero-order valence-corrected chi connectivity index (χ0v) is 8.83. The Morgan fingerprint density at radius 3 is 3.08 bits per heavy atom. The van der Waals surface area contributed by atoms with Crippen LogP contribution in [0.15, 0.2) is 18.7 Å². The summed E-state index contributed by atoms with van der Waals surface area (Å²) in [4.78, 5) is 3.99. The standard InChI is InChI=1S/C9H17N3S/c1-9(7-10)13-6-2-4-12-5-3-11-8-12/h3,5,8-9H,2,4,6-7,10H2,1H3. The average molecular weight is 199 g/mol. The van der Waals surface area contributed by atoms with Gasteiger partial charge in [-0.25, -0.2) is 4.98 Å². The lowest BCUT2D eigenvalue weighted by molar-refractivity contribution is 0.682. The lowest BCUT2D eigenvalue weighted by Crippen LogP contribution is -2.13. The molecule has 1 aromatic rings. The molecule has 1 aromatic heterocycles. The van der Waals surface area contributed by atoms with Gasteiger partial charge in [-0.15, -0.1) is 0 Å². The maximum absolute atomic E-state index is 5.51. The molecule has 0 bridgehead atoms. The number of hydrogen-bond donors (Lipinski definition) is 1. The van der Waals surface area contributed by atoms with Crippen LogP contribution in [-0.4, -0.2) is 27.1 Å². The Hall–Kier alpha value is -0.480. The maximum Gasteiger partial charge on any atom is 0.0945 e. The van der Waals surface area contributed by atoms with Crippen LogP contribution in [0.1, 0.15) is 13.3 Å². The summed E-state index contributed by atoms with van der Waals surface area (Å²) >= 11 is 1.94. The van der Waals surface area contributed by atoms with E-state index in [9.17, 15) is 0 Å². The van der Waals surface area contributed by atoms with E-state index in [2.05, 4.69) is 16.5 Å². The number of thioether (sulfide) groups is 1. The fourth-order valence-corrected chi connectivity index (χ4v) is 1.85. The summed E-state index contributed by atoms with van der Waals surface area (Å²) in [7, 11) is 0. The third-order valence-corrected chi connectivity index (χ3v) is 3.14. The first-order chi connectivity index (χ1) is 6.33. The molecule has 0 saturated heterocycles. The summed E-state index contributed by atoms with van der Waals surface area (Å²) in [6.07, 6.45) is 6.86. The van der Waals surface area contributed by atoms with Crippen molar-refractivity contribution in [3.8, 4) is 0 Å². The first-order valence-corrected chi connectivity index (χ1v) is 5.65. The van der Waals surface area contributed by atoms with Gasteiger partial charge in [-0.2, -0.15) is 11.8 Å². The highest BCUT2D eigenvalue weighted by molar-refractivity contribution is 7.99. The molecule has 4 heteroatoms. The maximum atomic E-state index is 5.51. The minimum absolute atomic E-state index is 0.586. The molecule has 3 nitrogen and oxygen atoms in total. The topological polar surface area (TPSA) is 43.8 Å². The molecule has 0 aliphatic heterocycles. The van der Waals surface area contributed by atoms with E-state index in [0.29, 0.717) is 5.25 Å². The van der Waals surface area contributed by atoms with Gasteiger partial charge in [0.2, 0.25) is 0 Å². The van der Waals surface area contributed by atoms with Gasteiger partial charge in [0.25, 0.3) is 0 Å². The van der Waals surface area contributed by atoms with Crippen LogP contribution in [0, 0.1) is 0 Å². The normalized spacial score (nSPS) is 13.1. The Kier molecular flexibility index (Phi) is 4.93. The minimum atomic E-state index is 0.586. The highest BCUT2D eigenvalue weighted by atomic mass is 32.2. The van der Waals surface area contributed by atoms with Crippen molar-refractivity contribution >= 4 is 11.8 Å². The van der Waals surface area contributed by atoms with E-state index in [1.165, 1.54) is 12.2 Å². The second-order valence-electron chi connectivity index (χ2n) is 3.07. The van der Waals surface area contributed by atoms with E-state index in [1.54, 1.807) is 0 Å². The summed E-state index contributed by atoms with van der Waals surface area (Å²) in [5.41, 5.74) is 5.51. The first-order valence-electron chi connectivity index (χ1n) is 4.60. The zero-order valence-electron chi connectivity index (χ0n) is 8.02. The monoisotopic (exact) mass is 199 g/mol. The summed E-state index contributed by atoms with van der Waals surface area (Å²) in [5.74, 6) is 1.18. The van der Waals surface area contributed by atoms with Crippen molar-refractivity contribution in [2.45, 2.75) is 25.1 Å². The van der Waals surface area contributed by atoms with Crippen molar-refractivity contribution in [1.29, 1.82) is 0 Å². The van der Waals surface area contributed by atoms with E-state index in [1.807, 2.05) is 30.5 Å². The van der Waals surface area contributed by atoms with E-state index in [4.69, 9.17) is 5.73 Å². The van der Waals surface area contributed by atoms with Gasteiger partial charge in [0.15, 0.2) is 0 Å². The molecular formula is C9H17N3S. The molecule has 74 valence electrons. The molecule has 13 heavy (non-hydrogen) atoms. The number of nitrogens with two attached hydrogens (primary N) is 1. The molecule has 2 N–H and O–H groups in total. The quantitative estimate of drug-likeness (QED) is 0.703. The predicted molar refractivity (Wildman–Crippen MR) is 57.8 cm³/mol. The smallest absolute Gasteiger partial charge is 0.0945 e. The Morgan fingerprint density at radius 2 is 2.46 bits per heavy atom. The lowest BCUT2D eigenvalue weighted by atomic mass is 10.5. The molecule has 1 atom stereocenters. The van der Waals surface area contributed by atoms with Gasteiger partial charge in [0.05, 0.1) is 6.33 Å². The second-order valence-corrected chi connectivity index (χ2v) is 4.62. The van der Waals surface area contributed by atoms with Crippen LogP contribution in [0.5, 0.6) is 0 Å². The Labute approximate surface area is 83.7 Å². The predicted octanol–water partition coefficient (Wildman–Crippen LogP) is 1.35. The van der Waals surface area contributed by atoms with Crippen molar-refractivity contribution in [3.05, 3.63) is 18.7 Å². The van der Waals surface area contributed by atoms with Crippen LogP contribution in [0.3, 0.4) is 0 Å². The van der Waals surface area contributed by atoms with E-state index >= 15 is 0 Å². The molecule has 0 aliphatic rings. The van der Waals surface area contributed by atoms with Gasteiger partial charge < -0.3 is 10.3 Å². The lowest BCUT2D eigenvalue weighted by Gasteiger charge is -2.07. The minimum Gasteiger partial charge on any atom is -0.337 e. The van der Waals surface area contributed by atoms with E-state index in [-0.39, 0.29) is 0 Å². The van der Waals surface area contributed by atoms with Crippen LogP contribution in [-0.2, 0) is 6.54 Å². The number of nitrogens with zero attached hydrogens (tertiary/aromatic N) is 2. The fourth-order valence-electron chi connectivity index (χ4n) is 1.02. The molecule has 0 saturated carbocycles. The number of aryl methyl sites for hydroxylation is 1. The molecular weight excluding hydrogens is 182 g/mol. The van der Waals surface area contributed by atoms with Crippen LogP contribution in [0.4, 0.5) is 0 Å². The molecule has 0 spiro atoms. The average Bonchev–Trinajstić information content (AvgIpc) is 2.64. The molecule has 0 radical (unpaired) electrons. The highest BCUT2D eigenvalue weighted by Gasteiger charge is 1.98. The van der Waals surface area contributed by atoms with E-state index < -0.39 is 0 Å². The third-order valence-electron chi connectivity index (χ3n) is 1.85. The molecule has 0 fully saturated rings. The Bertz CT molecular complexity index is 211. The van der Waals surface area contributed by atoms with Crippen LogP contribution in [0.25, 0.3) is 0 Å². The second kappa shape index (κ2) is 6.05. The van der Waals surface area contributed by atoms with Crippen molar-refractivity contribution in [3.63, 3.8) is 0 Å². The van der Waals surface area contributed by atoms with Crippen LogP contribution >= 0.6 is 11.8 Å². The van der Waals surface area contributed by atoms with E-state index in [0.717, 1.165) is 13.1 Å². The fraction of sp³-hybridized carbons (Fsp3) is 0.667. The molecule has 0 aliphatic carbocycles. The zero-order chi connectivity index (χ0) is 9.52. The Balaban J connectivity index is 2.02. The van der Waals surface area contributed by atoms with Gasteiger partial charge in [-0.1, -0.05) is 6.92 Å². The number of rotatable bonds is 6. The van der Waals surface area contributed by atoms with Crippen molar-refractivity contribution in [1.82, 2.24) is 9.55 Å². The molecule has 1 heterocycles. The molecule has 0 aromatic carbocycles. The van der Waals surface area contributed by atoms with Gasteiger partial charge >= 0.3 is 0 Å². The van der Waals surface area contributed by atoms with Crippen molar-refractivity contribution in [2.75, 3.05) is 12.3 Å². The molecule has 1 rings (SSSR count). The van der Waals surface area contributed by atoms with Crippen LogP contribution in [0.2, 0.25) is 0 Å². The number of hydrogen-bond acceptors (Lipinski definition) is 3. The van der Waals surface area contributed by atoms with Gasteiger partial charge in [-0.3, -0.25) is 0 Å². The summed E-state index contributed by atoms with van der Waals surface area (Å²) in [6.45, 7) is 4.00. The molecule has 0 amide bonds. The van der Waals surface area contributed by atoms with Gasteiger partial charge in [0.1, 0.15) is 0 Å². The first kappa shape index (κ1) is 10.6. The van der Waals surface area contributed by atoms with Crippen molar-refractivity contribution < 1.29 is 0 Å². The van der Waals surface area contributed by atoms with Gasteiger partial charge in [0, 0.05) is 30.7 Å². The van der Waals surface area contributed by atoms with Gasteiger partial charge in [-0.05, 0) is 12.2 Å². The SMILES string of the molecule is CC(CN)SCCCn1ccnc1. The summed E-state index contributed by atoms with van der Waals surface area (Å²) in [6, 6.07) is 0.